The molecule has 0 spiro atoms. The average Bonchev–Trinajstić information content (AvgIpc) is 2.91. The predicted molar refractivity (Wildman–Crippen MR) is 60.5 cm³/mol. The Labute approximate surface area is 101 Å². The smallest absolute Gasteiger partial charge is 0.256 e. The first kappa shape index (κ1) is 11.2. The minimum atomic E-state index is -0.183. The van der Waals surface area contributed by atoms with E-state index < -0.39 is 0 Å². The van der Waals surface area contributed by atoms with Crippen LogP contribution in [0.5, 0.6) is 0 Å². The van der Waals surface area contributed by atoms with Gasteiger partial charge in [-0.3, -0.25) is 14.4 Å². The van der Waals surface area contributed by atoms with E-state index in [2.05, 4.69) is 0 Å². The molecule has 17 heavy (non-hydrogen) atoms. The summed E-state index contributed by atoms with van der Waals surface area (Å²) in [7, 11) is 1.40. The maximum Gasteiger partial charge on any atom is 0.256 e. The number of hydrogen-bond acceptors (Lipinski definition) is 3. The largest absolute Gasteiger partial charge is 0.272 e. The first-order valence-electron chi connectivity index (χ1n) is 6.61. The Morgan fingerprint density at radius 2 is 2.00 bits per heavy atom. The van der Waals surface area contributed by atoms with Crippen molar-refractivity contribution in [2.45, 2.75) is 38.5 Å². The number of hydrogen-bond donors (Lipinski definition) is 0. The van der Waals surface area contributed by atoms with Gasteiger partial charge in [-0.05, 0) is 43.4 Å². The van der Waals surface area contributed by atoms with Crippen LogP contribution in [0.3, 0.4) is 0 Å². The summed E-state index contributed by atoms with van der Waals surface area (Å²) in [6.45, 7) is 0. The number of fused-ring (bicyclic) bond motifs is 2. The molecule has 2 amide bonds. The van der Waals surface area contributed by atoms with E-state index in [1.54, 1.807) is 0 Å². The zero-order valence-corrected chi connectivity index (χ0v) is 10.2. The normalized spacial score (nSPS) is 41.4. The number of piperidine rings is 1. The van der Waals surface area contributed by atoms with E-state index in [1.165, 1.54) is 32.8 Å². The summed E-state index contributed by atoms with van der Waals surface area (Å²) >= 11 is 0. The second-order valence-electron chi connectivity index (χ2n) is 5.69. The second kappa shape index (κ2) is 4.09. The van der Waals surface area contributed by atoms with Gasteiger partial charge in [-0.25, -0.2) is 0 Å². The number of hydroxylamine groups is 2. The molecule has 0 aromatic carbocycles. The number of rotatable bonds is 2. The third-order valence-corrected chi connectivity index (χ3v) is 4.91. The van der Waals surface area contributed by atoms with Crippen LogP contribution in [0.15, 0.2) is 0 Å². The quantitative estimate of drug-likeness (QED) is 0.687. The van der Waals surface area contributed by atoms with Gasteiger partial charge in [0.05, 0.1) is 7.11 Å². The molecule has 0 aromatic heterocycles. The molecule has 3 fully saturated rings. The maximum absolute atomic E-state index is 12.2. The van der Waals surface area contributed by atoms with E-state index in [0.717, 1.165) is 23.3 Å². The fraction of sp³-hybridized carbons (Fsp3) is 0.846. The van der Waals surface area contributed by atoms with Gasteiger partial charge >= 0.3 is 0 Å². The third-order valence-electron chi connectivity index (χ3n) is 4.91. The van der Waals surface area contributed by atoms with E-state index in [9.17, 15) is 9.59 Å². The van der Waals surface area contributed by atoms with Gasteiger partial charge in [0.25, 0.3) is 11.8 Å². The van der Waals surface area contributed by atoms with Gasteiger partial charge in [0, 0.05) is 12.3 Å². The van der Waals surface area contributed by atoms with E-state index in [0.29, 0.717) is 12.3 Å². The zero-order valence-electron chi connectivity index (χ0n) is 10.2. The molecule has 1 aliphatic heterocycles. The standard InChI is InChI=1S/C13H19NO3/c1-17-14-12(15)5-4-10(13(14)16)11-7-8-2-3-9(11)6-8/h8-11H,2-7H2,1H3. The Bertz CT molecular complexity index is 355. The molecule has 4 heteroatoms. The lowest BCUT2D eigenvalue weighted by Crippen LogP contribution is -2.47. The van der Waals surface area contributed by atoms with E-state index in [1.807, 2.05) is 0 Å². The van der Waals surface area contributed by atoms with Crippen LogP contribution >= 0.6 is 0 Å². The monoisotopic (exact) mass is 237 g/mol. The summed E-state index contributed by atoms with van der Waals surface area (Å²) in [4.78, 5) is 28.7. The molecular formula is C13H19NO3. The molecule has 4 nitrogen and oxygen atoms in total. The van der Waals surface area contributed by atoms with Crippen molar-refractivity contribution in [2.75, 3.05) is 7.11 Å². The number of imide groups is 1. The van der Waals surface area contributed by atoms with Crippen LogP contribution in [0.1, 0.15) is 38.5 Å². The molecule has 1 saturated heterocycles. The first-order valence-corrected chi connectivity index (χ1v) is 6.61. The van der Waals surface area contributed by atoms with Gasteiger partial charge in [-0.2, -0.15) is 5.06 Å². The van der Waals surface area contributed by atoms with Crippen molar-refractivity contribution >= 4 is 11.8 Å². The SMILES string of the molecule is CON1C(=O)CCC(C2CC3CCC2C3)C1=O. The molecule has 3 rings (SSSR count). The van der Waals surface area contributed by atoms with Gasteiger partial charge in [-0.15, -0.1) is 0 Å². The van der Waals surface area contributed by atoms with Crippen LogP contribution < -0.4 is 0 Å². The fourth-order valence-electron chi connectivity index (χ4n) is 4.15. The molecule has 2 saturated carbocycles. The Morgan fingerprint density at radius 1 is 1.18 bits per heavy atom. The number of carbonyl (C=O) groups excluding carboxylic acids is 2. The Balaban J connectivity index is 1.75. The molecule has 4 unspecified atom stereocenters. The van der Waals surface area contributed by atoms with Gasteiger partial charge < -0.3 is 0 Å². The molecule has 2 aliphatic carbocycles. The average molecular weight is 237 g/mol. The highest BCUT2D eigenvalue weighted by Gasteiger charge is 2.48. The lowest BCUT2D eigenvalue weighted by atomic mass is 9.75. The van der Waals surface area contributed by atoms with Gasteiger partial charge in [0.1, 0.15) is 0 Å². The van der Waals surface area contributed by atoms with Crippen LogP contribution in [-0.4, -0.2) is 24.0 Å². The predicted octanol–water partition coefficient (Wildman–Crippen LogP) is 1.75. The van der Waals surface area contributed by atoms with E-state index >= 15 is 0 Å². The molecule has 1 heterocycles. The highest BCUT2D eigenvalue weighted by atomic mass is 16.7. The minimum Gasteiger partial charge on any atom is -0.272 e. The molecule has 0 N–H and O–H groups in total. The van der Waals surface area contributed by atoms with Crippen LogP contribution in [0.4, 0.5) is 0 Å². The fourth-order valence-corrected chi connectivity index (χ4v) is 4.15. The van der Waals surface area contributed by atoms with Crippen molar-refractivity contribution < 1.29 is 14.4 Å². The third kappa shape index (κ3) is 1.69. The first-order chi connectivity index (χ1) is 8.20. The summed E-state index contributed by atoms with van der Waals surface area (Å²) in [5.41, 5.74) is 0. The molecule has 0 aromatic rings. The highest BCUT2D eigenvalue weighted by Crippen LogP contribution is 2.52. The molecule has 4 atom stereocenters. The Hall–Kier alpha value is -0.900. The van der Waals surface area contributed by atoms with E-state index in [4.69, 9.17) is 4.84 Å². The molecule has 3 aliphatic rings. The summed E-state index contributed by atoms with van der Waals surface area (Å²) < 4.78 is 0. The zero-order chi connectivity index (χ0) is 12.0. The molecule has 94 valence electrons. The summed E-state index contributed by atoms with van der Waals surface area (Å²) in [6, 6.07) is 0. The maximum atomic E-state index is 12.2. The Morgan fingerprint density at radius 3 is 2.59 bits per heavy atom. The van der Waals surface area contributed by atoms with Crippen LogP contribution in [0, 0.1) is 23.7 Å². The lowest BCUT2D eigenvalue weighted by Gasteiger charge is -2.35. The van der Waals surface area contributed by atoms with Crippen molar-refractivity contribution in [3.05, 3.63) is 0 Å². The van der Waals surface area contributed by atoms with Crippen LogP contribution in [0.25, 0.3) is 0 Å². The van der Waals surface area contributed by atoms with E-state index in [-0.39, 0.29) is 17.7 Å². The van der Waals surface area contributed by atoms with Crippen molar-refractivity contribution in [3.8, 4) is 0 Å². The lowest BCUT2D eigenvalue weighted by molar-refractivity contribution is -0.197. The Kier molecular flexibility index (Phi) is 2.69. The van der Waals surface area contributed by atoms with Crippen molar-refractivity contribution in [3.63, 3.8) is 0 Å². The second-order valence-corrected chi connectivity index (χ2v) is 5.69. The van der Waals surface area contributed by atoms with Crippen LogP contribution in [-0.2, 0) is 14.4 Å². The summed E-state index contributed by atoms with van der Waals surface area (Å²) in [5, 5.41) is 0.986. The van der Waals surface area contributed by atoms with Crippen molar-refractivity contribution in [2.24, 2.45) is 23.7 Å². The molecule has 0 radical (unpaired) electrons. The van der Waals surface area contributed by atoms with Gasteiger partial charge in [0.2, 0.25) is 0 Å². The number of carbonyl (C=O) groups is 2. The van der Waals surface area contributed by atoms with Crippen LogP contribution in [0.2, 0.25) is 0 Å². The topological polar surface area (TPSA) is 46.6 Å². The number of nitrogens with zero attached hydrogens (tertiary/aromatic N) is 1. The van der Waals surface area contributed by atoms with Gasteiger partial charge in [0.15, 0.2) is 0 Å². The molecular weight excluding hydrogens is 218 g/mol. The van der Waals surface area contributed by atoms with Gasteiger partial charge in [-0.1, -0.05) is 6.42 Å². The van der Waals surface area contributed by atoms with Crippen molar-refractivity contribution in [1.29, 1.82) is 0 Å². The number of amides is 2. The molecule has 2 bridgehead atoms. The summed E-state index contributed by atoms with van der Waals surface area (Å²) in [6.07, 6.45) is 6.29. The highest BCUT2D eigenvalue weighted by molar-refractivity contribution is 5.97. The minimum absolute atomic E-state index is 0.0305. The summed E-state index contributed by atoms with van der Waals surface area (Å²) in [5.74, 6) is 1.82. The van der Waals surface area contributed by atoms with Crippen molar-refractivity contribution in [1.82, 2.24) is 5.06 Å².